The van der Waals surface area contributed by atoms with Crippen molar-refractivity contribution in [3.05, 3.63) is 223 Å². The molecular weight excluding hydrogens is 2210 g/mol. The van der Waals surface area contributed by atoms with Gasteiger partial charge in [-0.1, -0.05) is 48.2 Å². The Hall–Kier alpha value is -5.03. The fraction of sp³-hybridized carbons (Fsp3) is 0.368. The predicted octanol–water partition coefficient (Wildman–Crippen LogP) is -4.24. The van der Waals surface area contributed by atoms with Gasteiger partial charge in [-0.15, -0.1) is 0 Å². The number of carboxylic acids is 4. The largest absolute Gasteiger partial charge is 1.00 e. The van der Waals surface area contributed by atoms with Gasteiger partial charge in [0.1, 0.15) is 38.7 Å². The number of pyridine rings is 4. The molecule has 0 spiro atoms. The molecule has 0 amide bonds. The van der Waals surface area contributed by atoms with Gasteiger partial charge >= 0.3 is 161 Å². The number of carboxylic acid groups (broad SMARTS) is 4. The summed E-state index contributed by atoms with van der Waals surface area (Å²) >= 11 is 18.6. The van der Waals surface area contributed by atoms with Crippen molar-refractivity contribution in [2.45, 2.75) is 104 Å². The van der Waals surface area contributed by atoms with E-state index in [1.165, 1.54) is 54.7 Å². The van der Waals surface area contributed by atoms with E-state index in [0.29, 0.717) is 152 Å². The molecule has 6 aromatic carbocycles. The molecule has 4 aliphatic heterocycles. The van der Waals surface area contributed by atoms with E-state index >= 15 is 4.39 Å². The summed E-state index contributed by atoms with van der Waals surface area (Å²) in [6.07, 6.45) is 11.8. The number of thioether (sulfide) groups is 1. The summed E-state index contributed by atoms with van der Waals surface area (Å²) in [6, 6.07) is 24.7. The minimum Gasteiger partial charge on any atom is -0.813 e. The van der Waals surface area contributed by atoms with E-state index in [1.807, 2.05) is 38.9 Å². The van der Waals surface area contributed by atoms with Gasteiger partial charge in [0.2, 0.25) is 10.9 Å². The number of anilines is 4. The quantitative estimate of drug-likeness (QED) is 0.00333. The Bertz CT molecular complexity index is 6700. The van der Waals surface area contributed by atoms with Crippen LogP contribution in [0.5, 0.6) is 0 Å². The van der Waals surface area contributed by atoms with Gasteiger partial charge in [-0.05, 0) is 171 Å². The number of thiol groups is 2. The van der Waals surface area contributed by atoms with E-state index in [-0.39, 0.29) is 208 Å². The number of thiocarbonyl (C=S) groups is 3. The van der Waals surface area contributed by atoms with Gasteiger partial charge in [0.15, 0.2) is 21.7 Å². The van der Waals surface area contributed by atoms with E-state index < -0.39 is 128 Å². The zero-order valence-electron chi connectivity index (χ0n) is 76.7. The number of fused-ring (bicyclic) bond motifs is 4. The Kier molecular flexibility index (Phi) is 44.4. The van der Waals surface area contributed by atoms with Crippen molar-refractivity contribution in [1.29, 1.82) is 0 Å². The van der Waals surface area contributed by atoms with Gasteiger partial charge in [-0.3, -0.25) is 37.4 Å². The van der Waals surface area contributed by atoms with Crippen molar-refractivity contribution in [2.24, 2.45) is 0 Å². The number of nitrogens with one attached hydrogen (secondary N) is 1. The van der Waals surface area contributed by atoms with Crippen LogP contribution in [0.25, 0.3) is 43.6 Å². The fourth-order valence-corrected chi connectivity index (χ4v) is 23.4. The summed E-state index contributed by atoms with van der Waals surface area (Å²) < 4.78 is 113. The van der Waals surface area contributed by atoms with Crippen LogP contribution in [0.2, 0.25) is 0 Å². The van der Waals surface area contributed by atoms with E-state index in [4.69, 9.17) is 56.2 Å². The fourth-order valence-electron chi connectivity index (χ4n) is 16.5. The molecule has 55 heteroatoms. The minimum atomic E-state index is -5.03. The van der Waals surface area contributed by atoms with Crippen LogP contribution < -0.4 is 175 Å². The van der Waals surface area contributed by atoms with E-state index in [0.717, 1.165) is 91.1 Å². The van der Waals surface area contributed by atoms with E-state index in [2.05, 4.69) is 38.9 Å². The molecule has 0 atom stereocenters. The molecule has 4 aliphatic carbocycles. The number of carbonyl (C=O) groups excluding carboxylic acids is 2. The first kappa shape index (κ1) is 122. The number of piperazine rings is 4. The molecule has 4 saturated heterocycles. The van der Waals surface area contributed by atoms with Crippen molar-refractivity contribution in [2.75, 3.05) is 124 Å². The molecule has 18 rings (SSSR count). The van der Waals surface area contributed by atoms with Crippen LogP contribution in [0.4, 0.5) is 40.3 Å². The smallest absolute Gasteiger partial charge is 0.813 e. The third-order valence-corrected chi connectivity index (χ3v) is 34.5. The molecule has 740 valence electrons. The van der Waals surface area contributed by atoms with Crippen LogP contribution in [-0.4, -0.2) is 237 Å². The Morgan fingerprint density at radius 3 is 0.923 bits per heavy atom. The van der Waals surface area contributed by atoms with Gasteiger partial charge in [0.05, 0.1) is 67.9 Å². The number of carbonyl (C=O) groups is 4. The van der Waals surface area contributed by atoms with Gasteiger partial charge in [-0.2, -0.15) is 0 Å². The van der Waals surface area contributed by atoms with E-state index in [9.17, 15) is 110 Å². The summed E-state index contributed by atoms with van der Waals surface area (Å²) in [7, 11) is -19.7. The Balaban J connectivity index is 0.000000222. The summed E-state index contributed by atoms with van der Waals surface area (Å²) in [6.45, 7) is 9.80. The third kappa shape index (κ3) is 29.8. The Morgan fingerprint density at radius 1 is 0.415 bits per heavy atom. The summed E-state index contributed by atoms with van der Waals surface area (Å²) in [5.41, 5.74) is 5.71. The summed E-state index contributed by atoms with van der Waals surface area (Å²) in [4.78, 5) is 183. The molecule has 0 radical (unpaired) electrons. The molecular formula is C87H91F4IN12Na4O24P4S6-2. The van der Waals surface area contributed by atoms with Gasteiger partial charge in [-0.25, -0.2) is 27.2 Å². The van der Waals surface area contributed by atoms with Crippen LogP contribution in [-0.2, 0) is 58.1 Å². The molecule has 0 unspecified atom stereocenters. The van der Waals surface area contributed by atoms with Gasteiger partial charge in [0, 0.05) is 184 Å². The molecule has 8 aliphatic rings. The second kappa shape index (κ2) is 51.7. The van der Waals surface area contributed by atoms with Crippen LogP contribution >= 0.6 is 101 Å². The van der Waals surface area contributed by atoms with Crippen LogP contribution in [0.3, 0.4) is 0 Å². The number of aromatic nitrogens is 4. The van der Waals surface area contributed by atoms with Crippen molar-refractivity contribution in [3.63, 3.8) is 0 Å². The maximum Gasteiger partial charge on any atom is 1.00 e. The van der Waals surface area contributed by atoms with Crippen LogP contribution in [0.15, 0.2) is 146 Å². The zero-order valence-corrected chi connectivity index (χ0v) is 95.5. The number of hydrogen-bond donors (Lipinski definition) is 11. The first-order valence-corrected chi connectivity index (χ1v) is 52.5. The SMILES string of the molecule is O=C(O)c1cn(C2CC2)c2cc(N3CCN(C(=S)Sc4ccc(CC(P(=O)(O)O)P(=O)(O)O)cc4)CC3)c(F)cc2c1=O.O=C(O)c1cn(C2CC2)c2cc(N3CCNCC3)c(F)cc2c1=O.O=C([O-])c1cn(C2CC2)c2cc(N3CCN([C-]=S)CC3)c(F)cc2c1=O.O=C([O-])c1cn(C2CC2)c2cc(N3CCN([C-]=S)CC3)c(F)cc2c1=O.O=P(O)(O)C(Cc1ccc(I)cc1)P(=O)(O)O.[Na+].[Na+].[Na+].[Na+].[SH-].[SH-]. The monoisotopic (exact) mass is 2300 g/mol. The summed E-state index contributed by atoms with van der Waals surface area (Å²) in [5.74, 6) is -7.86. The van der Waals surface area contributed by atoms with Crippen molar-refractivity contribution in [1.82, 2.24) is 38.3 Å². The van der Waals surface area contributed by atoms with Crippen LogP contribution in [0, 0.1) is 26.8 Å². The molecule has 8 heterocycles. The molecule has 11 N–H and O–H groups in total. The average Bonchev–Trinajstić information content (AvgIpc) is 1.41. The molecule has 4 aromatic heterocycles. The number of benzene rings is 6. The second-order valence-corrected chi connectivity index (χ2v) is 45.1. The van der Waals surface area contributed by atoms with Crippen molar-refractivity contribution in [3.8, 4) is 0 Å². The maximum atomic E-state index is 15.3. The molecule has 142 heavy (non-hydrogen) atoms. The van der Waals surface area contributed by atoms with Gasteiger partial charge < -0.3 is 189 Å². The third-order valence-electron chi connectivity index (χ3n) is 24.3. The van der Waals surface area contributed by atoms with Crippen LogP contribution in [0.1, 0.15) is 128 Å². The first-order valence-electron chi connectivity index (χ1n) is 42.7. The molecule has 8 fully saturated rings. The number of nitrogens with zero attached hydrogens (tertiary/aromatic N) is 11. The average molecular weight is 2300 g/mol. The molecule has 36 nitrogen and oxygen atoms in total. The topological polar surface area (TPSA) is 508 Å². The van der Waals surface area contributed by atoms with Gasteiger partial charge in [0.25, 0.3) is 0 Å². The first-order chi connectivity index (χ1) is 64.3. The maximum absolute atomic E-state index is 15.3. The molecule has 10 aromatic rings. The Morgan fingerprint density at radius 2 is 0.669 bits per heavy atom. The summed E-state index contributed by atoms with van der Waals surface area (Å²) in [5, 5.41) is 40.7. The number of halogens is 5. The number of rotatable bonds is 23. The zero-order chi connectivity index (χ0) is 98.2. The number of hydrogen-bond acceptors (Lipinski definition) is 25. The second-order valence-electron chi connectivity index (χ2n) is 33.7. The predicted molar refractivity (Wildman–Crippen MR) is 535 cm³/mol. The normalized spacial score (nSPS) is 16.0. The minimum absolute atomic E-state index is 0. The number of aromatic carboxylic acids is 4. The van der Waals surface area contributed by atoms with Crippen molar-refractivity contribution >= 4 is 234 Å². The van der Waals surface area contributed by atoms with E-state index in [1.54, 1.807) is 74.4 Å². The van der Waals surface area contributed by atoms with Crippen molar-refractivity contribution < 1.29 is 233 Å². The Labute approximate surface area is 945 Å². The standard InChI is InChI=1S/C26H28FN3O9P2S2.2C18H17FN3O3S.C17H18FN3O3.C8H11IO6P2.4Na.2H2S/c27-20-12-18-21(30(16-3-4-16)14-19(24(18)31)25(32)33)13-22(20)28-7-9-29(10-8-28)26(42)43-17-5-1-15(2-6-17)11-23(40(34,35)36)41(37,38)39;2*19-14-7-12-15(8-16(14)21-5-3-20(10-26)4-6-21)22(11-1-2-11)9-13(17(12)23)18(24)25;18-13-7-11-14(8-15(13)20-5-3-19-4-6-20)21(10-1-2-10)9-12(16(11)22)17(23)24;9-7-3-1-6(2-4-7)5-8(16(10,11)12)17(13,14)15;;;;;;/h1-2,5-6,12-14,16,23H,3-4,7-11H2,(H,32,33)(H2,34,35,36)(H2,37,38,39);2*7-9,11H,1-6H2,(H,24,25);7-10,19H,1-6H2,(H,23,24);1-4,8H,5H2,(H2,10,11,12)(H2,13,14,15);;;;;2*1H2/q;2*-1;;;4*+1;;/p-4. The molecule has 4 saturated carbocycles. The molecule has 0 bridgehead atoms.